The molecule has 0 spiro atoms. The summed E-state index contributed by atoms with van der Waals surface area (Å²) in [5, 5.41) is 0. The van der Waals surface area contributed by atoms with E-state index in [9.17, 15) is 9.59 Å². The number of nitrogens with zero attached hydrogens (tertiary/aromatic N) is 1. The van der Waals surface area contributed by atoms with E-state index >= 15 is 0 Å². The van der Waals surface area contributed by atoms with E-state index in [4.69, 9.17) is 0 Å². The van der Waals surface area contributed by atoms with E-state index in [1.165, 1.54) is 6.92 Å². The lowest BCUT2D eigenvalue weighted by Crippen LogP contribution is -2.47. The first-order valence-electron chi connectivity index (χ1n) is 4.59. The molecule has 0 N–H and O–H groups in total. The molecular formula is C10H19NO2. The average molecular weight is 185 g/mol. The van der Waals surface area contributed by atoms with Crippen molar-refractivity contribution in [3.63, 3.8) is 0 Å². The molecular weight excluding hydrogens is 166 g/mol. The number of amides is 1. The third kappa shape index (κ3) is 4.06. The topological polar surface area (TPSA) is 37.4 Å². The van der Waals surface area contributed by atoms with Crippen LogP contribution in [0.4, 0.5) is 0 Å². The van der Waals surface area contributed by atoms with Gasteiger partial charge in [-0.2, -0.15) is 0 Å². The highest BCUT2D eigenvalue weighted by molar-refractivity contribution is 5.85. The van der Waals surface area contributed by atoms with E-state index in [1.807, 2.05) is 27.7 Å². The van der Waals surface area contributed by atoms with Crippen LogP contribution in [0.5, 0.6) is 0 Å². The Balaban J connectivity index is 4.46. The lowest BCUT2D eigenvalue weighted by molar-refractivity contribution is -0.138. The largest absolute Gasteiger partial charge is 0.331 e. The molecule has 3 nitrogen and oxygen atoms in total. The molecule has 0 aromatic rings. The number of Topliss-reactive ketones (excluding diaryl/α,β-unsaturated/α-hetero) is 1. The summed E-state index contributed by atoms with van der Waals surface area (Å²) in [5.41, 5.74) is -0.267. The standard InChI is InChI=1S/C10H19NO2/c1-6-9(13)7-11(8(2)12)10(3,4)5/h6-7H2,1-5H3. The van der Waals surface area contributed by atoms with E-state index in [-0.39, 0.29) is 23.8 Å². The van der Waals surface area contributed by atoms with Gasteiger partial charge in [0, 0.05) is 18.9 Å². The molecule has 0 heterocycles. The molecule has 0 saturated carbocycles. The summed E-state index contributed by atoms with van der Waals surface area (Å²) >= 11 is 0. The maximum Gasteiger partial charge on any atom is 0.220 e. The molecule has 0 aliphatic heterocycles. The minimum Gasteiger partial charge on any atom is -0.331 e. The van der Waals surface area contributed by atoms with Crippen molar-refractivity contribution in [3.05, 3.63) is 0 Å². The molecule has 3 heteroatoms. The van der Waals surface area contributed by atoms with Gasteiger partial charge in [-0.3, -0.25) is 9.59 Å². The summed E-state index contributed by atoms with van der Waals surface area (Å²) in [7, 11) is 0. The van der Waals surface area contributed by atoms with Crippen molar-refractivity contribution >= 4 is 11.7 Å². The van der Waals surface area contributed by atoms with Crippen molar-refractivity contribution < 1.29 is 9.59 Å². The van der Waals surface area contributed by atoms with Gasteiger partial charge in [0.25, 0.3) is 0 Å². The highest BCUT2D eigenvalue weighted by atomic mass is 16.2. The molecule has 0 rings (SSSR count). The zero-order chi connectivity index (χ0) is 10.6. The SMILES string of the molecule is CCC(=O)CN(C(C)=O)C(C)(C)C. The molecule has 13 heavy (non-hydrogen) atoms. The van der Waals surface area contributed by atoms with Crippen LogP contribution in [0.25, 0.3) is 0 Å². The van der Waals surface area contributed by atoms with Gasteiger partial charge in [0.2, 0.25) is 5.91 Å². The molecule has 0 unspecified atom stereocenters. The Kier molecular flexibility index (Phi) is 4.11. The Labute approximate surface area is 80.1 Å². The van der Waals surface area contributed by atoms with Gasteiger partial charge in [0.15, 0.2) is 5.78 Å². The van der Waals surface area contributed by atoms with Crippen molar-refractivity contribution in [3.8, 4) is 0 Å². The molecule has 0 saturated heterocycles. The first-order valence-corrected chi connectivity index (χ1v) is 4.59. The highest BCUT2D eigenvalue weighted by Crippen LogP contribution is 2.13. The second-order valence-corrected chi connectivity index (χ2v) is 4.17. The van der Waals surface area contributed by atoms with Crippen molar-refractivity contribution in [2.75, 3.05) is 6.54 Å². The van der Waals surface area contributed by atoms with Gasteiger partial charge in [-0.25, -0.2) is 0 Å². The molecule has 0 aromatic heterocycles. The molecule has 0 aliphatic rings. The van der Waals surface area contributed by atoms with E-state index in [0.717, 1.165) is 0 Å². The molecule has 0 bridgehead atoms. The van der Waals surface area contributed by atoms with Gasteiger partial charge in [-0.05, 0) is 20.8 Å². The number of carbonyl (C=O) groups is 2. The number of hydrogen-bond donors (Lipinski definition) is 0. The lowest BCUT2D eigenvalue weighted by Gasteiger charge is -2.34. The lowest BCUT2D eigenvalue weighted by atomic mass is 10.1. The number of hydrogen-bond acceptors (Lipinski definition) is 2. The van der Waals surface area contributed by atoms with Crippen molar-refractivity contribution in [1.29, 1.82) is 0 Å². The summed E-state index contributed by atoms with van der Waals surface area (Å²) in [5.74, 6) is 0.0550. The van der Waals surface area contributed by atoms with Crippen LogP contribution in [-0.4, -0.2) is 28.7 Å². The van der Waals surface area contributed by atoms with Crippen molar-refractivity contribution in [2.24, 2.45) is 0 Å². The molecule has 0 aliphatic carbocycles. The van der Waals surface area contributed by atoms with E-state index in [2.05, 4.69) is 0 Å². The Morgan fingerprint density at radius 2 is 1.69 bits per heavy atom. The molecule has 0 fully saturated rings. The maximum absolute atomic E-state index is 11.2. The fourth-order valence-electron chi connectivity index (χ4n) is 1.11. The van der Waals surface area contributed by atoms with E-state index < -0.39 is 0 Å². The average Bonchev–Trinajstić information content (AvgIpc) is 1.96. The smallest absolute Gasteiger partial charge is 0.220 e. The molecule has 0 radical (unpaired) electrons. The second kappa shape index (κ2) is 4.40. The summed E-state index contributed by atoms with van der Waals surface area (Å²) in [6.45, 7) is 9.32. The van der Waals surface area contributed by atoms with Crippen LogP contribution >= 0.6 is 0 Å². The monoisotopic (exact) mass is 185 g/mol. The third-order valence-electron chi connectivity index (χ3n) is 1.92. The van der Waals surface area contributed by atoms with Gasteiger partial charge < -0.3 is 4.90 Å². The predicted octanol–water partition coefficient (Wildman–Crippen LogP) is 1.61. The Morgan fingerprint density at radius 3 is 1.92 bits per heavy atom. The van der Waals surface area contributed by atoms with Crippen molar-refractivity contribution in [2.45, 2.75) is 46.6 Å². The molecule has 1 amide bonds. The summed E-state index contributed by atoms with van der Waals surface area (Å²) < 4.78 is 0. The summed E-state index contributed by atoms with van der Waals surface area (Å²) in [4.78, 5) is 24.0. The molecule has 76 valence electrons. The van der Waals surface area contributed by atoms with Gasteiger partial charge in [0.1, 0.15) is 0 Å². The fraction of sp³-hybridized carbons (Fsp3) is 0.800. The van der Waals surface area contributed by atoms with Gasteiger partial charge >= 0.3 is 0 Å². The number of carbonyl (C=O) groups excluding carboxylic acids is 2. The summed E-state index contributed by atoms with van der Waals surface area (Å²) in [6.07, 6.45) is 0.486. The first-order chi connectivity index (χ1) is 5.79. The third-order valence-corrected chi connectivity index (χ3v) is 1.92. The maximum atomic E-state index is 11.2. The number of ketones is 1. The Morgan fingerprint density at radius 1 is 1.23 bits per heavy atom. The second-order valence-electron chi connectivity index (χ2n) is 4.17. The van der Waals surface area contributed by atoms with Crippen LogP contribution < -0.4 is 0 Å². The van der Waals surface area contributed by atoms with Crippen LogP contribution in [-0.2, 0) is 9.59 Å². The van der Waals surface area contributed by atoms with E-state index in [0.29, 0.717) is 6.42 Å². The molecule has 0 atom stereocenters. The highest BCUT2D eigenvalue weighted by Gasteiger charge is 2.24. The zero-order valence-corrected chi connectivity index (χ0v) is 9.18. The molecule has 0 aromatic carbocycles. The fourth-order valence-corrected chi connectivity index (χ4v) is 1.11. The van der Waals surface area contributed by atoms with Crippen LogP contribution in [0.1, 0.15) is 41.0 Å². The minimum atomic E-state index is -0.267. The number of rotatable bonds is 3. The normalized spacial score (nSPS) is 11.2. The predicted molar refractivity (Wildman–Crippen MR) is 52.4 cm³/mol. The Hall–Kier alpha value is -0.860. The van der Waals surface area contributed by atoms with Gasteiger partial charge in [-0.15, -0.1) is 0 Å². The van der Waals surface area contributed by atoms with Crippen LogP contribution in [0.15, 0.2) is 0 Å². The van der Waals surface area contributed by atoms with Gasteiger partial charge in [0.05, 0.1) is 6.54 Å². The Bertz CT molecular complexity index is 203. The minimum absolute atomic E-state index is 0.0469. The van der Waals surface area contributed by atoms with Gasteiger partial charge in [-0.1, -0.05) is 6.92 Å². The van der Waals surface area contributed by atoms with Crippen LogP contribution in [0.2, 0.25) is 0 Å². The first kappa shape index (κ1) is 12.1. The van der Waals surface area contributed by atoms with E-state index in [1.54, 1.807) is 4.90 Å². The summed E-state index contributed by atoms with van der Waals surface area (Å²) in [6, 6.07) is 0. The quantitative estimate of drug-likeness (QED) is 0.670. The van der Waals surface area contributed by atoms with Crippen molar-refractivity contribution in [1.82, 2.24) is 4.90 Å². The van der Waals surface area contributed by atoms with Crippen LogP contribution in [0.3, 0.4) is 0 Å². The van der Waals surface area contributed by atoms with Crippen LogP contribution in [0, 0.1) is 0 Å². The zero-order valence-electron chi connectivity index (χ0n) is 9.18.